The van der Waals surface area contributed by atoms with E-state index in [4.69, 9.17) is 15.2 Å². The molecule has 120 valence electrons. The average Bonchev–Trinajstić information content (AvgIpc) is 2.76. The summed E-state index contributed by atoms with van der Waals surface area (Å²) in [6, 6.07) is 1.05. The van der Waals surface area contributed by atoms with Gasteiger partial charge < -0.3 is 15.2 Å². The molecule has 9 heteroatoms. The molecule has 0 fully saturated rings. The van der Waals surface area contributed by atoms with Crippen LogP contribution in [-0.4, -0.2) is 38.7 Å². The van der Waals surface area contributed by atoms with Gasteiger partial charge in [-0.2, -0.15) is 5.10 Å². The zero-order valence-corrected chi connectivity index (χ0v) is 13.4. The molecule has 2 aromatic rings. The van der Waals surface area contributed by atoms with Gasteiger partial charge in [-0.1, -0.05) is 0 Å². The number of benzene rings is 1. The number of anilines is 1. The third-order valence-corrected chi connectivity index (χ3v) is 4.32. The van der Waals surface area contributed by atoms with Gasteiger partial charge in [0.1, 0.15) is 16.5 Å². The molecule has 0 unspecified atom stereocenters. The fourth-order valence-corrected chi connectivity index (χ4v) is 3.11. The monoisotopic (exact) mass is 329 g/mol. The molecule has 2 N–H and O–H groups in total. The highest BCUT2D eigenvalue weighted by atomic mass is 32.2. The zero-order chi connectivity index (χ0) is 16.7. The summed E-state index contributed by atoms with van der Waals surface area (Å²) in [5.41, 5.74) is 6.56. The van der Waals surface area contributed by atoms with Gasteiger partial charge in [-0.15, -0.1) is 0 Å². The van der Waals surface area contributed by atoms with Crippen molar-refractivity contribution in [1.29, 1.82) is 0 Å². The van der Waals surface area contributed by atoms with Gasteiger partial charge in [0.05, 0.1) is 20.4 Å². The molecular formula is C13H16FN3O4S. The van der Waals surface area contributed by atoms with E-state index in [-0.39, 0.29) is 22.9 Å². The number of nitrogens with zero attached hydrogens (tertiary/aromatic N) is 2. The Labute approximate surface area is 127 Å². The number of methoxy groups -OCH3 is 2. The highest BCUT2D eigenvalue weighted by Gasteiger charge is 2.28. The van der Waals surface area contributed by atoms with Crippen LogP contribution in [0.25, 0.3) is 11.1 Å². The second-order valence-electron chi connectivity index (χ2n) is 4.64. The lowest BCUT2D eigenvalue weighted by Gasteiger charge is -2.16. The zero-order valence-electron chi connectivity index (χ0n) is 12.5. The fraction of sp³-hybridized carbons (Fsp3) is 0.308. The summed E-state index contributed by atoms with van der Waals surface area (Å²) in [7, 11) is 0.354. The molecule has 22 heavy (non-hydrogen) atoms. The van der Waals surface area contributed by atoms with E-state index in [1.165, 1.54) is 25.1 Å². The molecule has 0 bridgehead atoms. The molecule has 0 radical (unpaired) electrons. The van der Waals surface area contributed by atoms with E-state index in [9.17, 15) is 12.8 Å². The fourth-order valence-electron chi connectivity index (χ4n) is 2.18. The molecule has 0 atom stereocenters. The summed E-state index contributed by atoms with van der Waals surface area (Å²) in [4.78, 5) is -0.557. The molecule has 7 nitrogen and oxygen atoms in total. The first kappa shape index (κ1) is 16.1. The Hall–Kier alpha value is -2.29. The van der Waals surface area contributed by atoms with Gasteiger partial charge in [0, 0.05) is 24.4 Å². The summed E-state index contributed by atoms with van der Waals surface area (Å²) < 4.78 is 49.7. The molecule has 0 saturated heterocycles. The van der Waals surface area contributed by atoms with Crippen LogP contribution in [0.4, 0.5) is 10.2 Å². The van der Waals surface area contributed by atoms with Crippen LogP contribution in [-0.2, 0) is 16.9 Å². The molecule has 0 aliphatic rings. The highest BCUT2D eigenvalue weighted by molar-refractivity contribution is 7.90. The van der Waals surface area contributed by atoms with Crippen molar-refractivity contribution in [3.8, 4) is 22.6 Å². The number of aryl methyl sites for hydroxylation is 1. The number of sulfone groups is 1. The van der Waals surface area contributed by atoms with E-state index in [1.807, 2.05) is 0 Å². The average molecular weight is 329 g/mol. The number of hydrogen-bond donors (Lipinski definition) is 1. The lowest BCUT2D eigenvalue weighted by molar-refractivity contribution is 0.343. The van der Waals surface area contributed by atoms with Crippen molar-refractivity contribution in [2.24, 2.45) is 7.05 Å². The summed E-state index contributed by atoms with van der Waals surface area (Å²) in [6.07, 6.45) is 2.33. The van der Waals surface area contributed by atoms with E-state index < -0.39 is 20.5 Å². The maximum atomic E-state index is 14.4. The van der Waals surface area contributed by atoms with Crippen molar-refractivity contribution in [3.63, 3.8) is 0 Å². The second kappa shape index (κ2) is 5.48. The van der Waals surface area contributed by atoms with Gasteiger partial charge in [-0.05, 0) is 6.07 Å². The topological polar surface area (TPSA) is 96.4 Å². The Morgan fingerprint density at radius 2 is 1.82 bits per heavy atom. The third kappa shape index (κ3) is 2.47. The smallest absolute Gasteiger partial charge is 0.183 e. The van der Waals surface area contributed by atoms with Crippen molar-refractivity contribution >= 4 is 15.7 Å². The largest absolute Gasteiger partial charge is 0.492 e. The maximum absolute atomic E-state index is 14.4. The van der Waals surface area contributed by atoms with Gasteiger partial charge >= 0.3 is 0 Å². The van der Waals surface area contributed by atoms with Crippen LogP contribution >= 0.6 is 0 Å². The second-order valence-corrected chi connectivity index (χ2v) is 6.59. The first-order chi connectivity index (χ1) is 10.2. The Morgan fingerprint density at radius 1 is 1.23 bits per heavy atom. The summed E-state index contributed by atoms with van der Waals surface area (Å²) in [5.74, 6) is -0.794. The molecule has 0 amide bonds. The van der Waals surface area contributed by atoms with Crippen LogP contribution in [0.1, 0.15) is 0 Å². The Bertz CT molecular complexity index is 830. The molecule has 0 spiro atoms. The van der Waals surface area contributed by atoms with Gasteiger partial charge in [0.2, 0.25) is 0 Å². The molecule has 0 aliphatic carbocycles. The molecular weight excluding hydrogens is 313 g/mol. The molecule has 1 aromatic heterocycles. The predicted molar refractivity (Wildman–Crippen MR) is 79.2 cm³/mol. The Morgan fingerprint density at radius 3 is 2.23 bits per heavy atom. The summed E-state index contributed by atoms with van der Waals surface area (Å²) in [5, 5.41) is 3.98. The lowest BCUT2D eigenvalue weighted by Crippen LogP contribution is -2.07. The lowest BCUT2D eigenvalue weighted by atomic mass is 10.1. The van der Waals surface area contributed by atoms with Crippen LogP contribution < -0.4 is 15.2 Å². The number of rotatable bonds is 4. The van der Waals surface area contributed by atoms with Crippen LogP contribution in [0.15, 0.2) is 17.2 Å². The normalized spacial score (nSPS) is 11.5. The number of halogens is 1. The number of nitrogen functional groups attached to an aromatic ring is 1. The Balaban J connectivity index is 2.89. The van der Waals surface area contributed by atoms with Gasteiger partial charge in [0.15, 0.2) is 21.3 Å². The quantitative estimate of drug-likeness (QED) is 0.906. The van der Waals surface area contributed by atoms with Gasteiger partial charge in [-0.3, -0.25) is 4.68 Å². The molecule has 1 aromatic carbocycles. The van der Waals surface area contributed by atoms with Gasteiger partial charge in [0.25, 0.3) is 0 Å². The van der Waals surface area contributed by atoms with Crippen LogP contribution in [0.2, 0.25) is 0 Å². The van der Waals surface area contributed by atoms with E-state index in [0.29, 0.717) is 5.56 Å². The van der Waals surface area contributed by atoms with E-state index in [1.54, 1.807) is 7.05 Å². The Kier molecular flexibility index (Phi) is 4.01. The third-order valence-electron chi connectivity index (χ3n) is 3.20. The van der Waals surface area contributed by atoms with Crippen molar-refractivity contribution in [2.45, 2.75) is 4.90 Å². The van der Waals surface area contributed by atoms with Crippen molar-refractivity contribution in [1.82, 2.24) is 9.78 Å². The summed E-state index contributed by atoms with van der Waals surface area (Å²) in [6.45, 7) is 0. The van der Waals surface area contributed by atoms with E-state index in [2.05, 4.69) is 5.10 Å². The number of ether oxygens (including phenoxy) is 2. The minimum Gasteiger partial charge on any atom is -0.492 e. The number of aromatic nitrogens is 2. The van der Waals surface area contributed by atoms with Crippen molar-refractivity contribution < 1.29 is 22.3 Å². The first-order valence-corrected chi connectivity index (χ1v) is 8.03. The van der Waals surface area contributed by atoms with Crippen LogP contribution in [0.3, 0.4) is 0 Å². The van der Waals surface area contributed by atoms with Crippen molar-refractivity contribution in [3.05, 3.63) is 18.1 Å². The SMILES string of the molecule is COc1c(-c2cnn(C)c2N)cc(F)c(S(C)(=O)=O)c1OC. The van der Waals surface area contributed by atoms with Crippen LogP contribution in [0.5, 0.6) is 11.5 Å². The minimum absolute atomic E-state index is 0.0732. The van der Waals surface area contributed by atoms with Crippen LogP contribution in [0, 0.1) is 5.82 Å². The van der Waals surface area contributed by atoms with Crippen molar-refractivity contribution in [2.75, 3.05) is 26.2 Å². The highest BCUT2D eigenvalue weighted by Crippen LogP contribution is 2.45. The predicted octanol–water partition coefficient (Wildman–Crippen LogP) is 1.23. The molecule has 2 rings (SSSR count). The number of nitrogens with two attached hydrogens (primary N) is 1. The standard InChI is InChI=1S/C13H16FN3O4S/c1-17-13(15)8(6-16-17)7-5-9(14)12(22(4,18)19)11(21-3)10(7)20-2/h5-6H,15H2,1-4H3. The van der Waals surface area contributed by atoms with E-state index in [0.717, 1.165) is 12.3 Å². The maximum Gasteiger partial charge on any atom is 0.183 e. The van der Waals surface area contributed by atoms with Gasteiger partial charge in [-0.25, -0.2) is 12.8 Å². The first-order valence-electron chi connectivity index (χ1n) is 6.14. The molecule has 0 saturated carbocycles. The minimum atomic E-state index is -3.84. The number of hydrogen-bond acceptors (Lipinski definition) is 6. The van der Waals surface area contributed by atoms with E-state index >= 15 is 0 Å². The molecule has 1 heterocycles. The summed E-state index contributed by atoms with van der Waals surface area (Å²) >= 11 is 0. The molecule has 0 aliphatic heterocycles.